The minimum atomic E-state index is -0.668. The summed E-state index contributed by atoms with van der Waals surface area (Å²) in [5.74, 6) is -0.521. The summed E-state index contributed by atoms with van der Waals surface area (Å²) in [7, 11) is 0. The summed E-state index contributed by atoms with van der Waals surface area (Å²) in [6, 6.07) is 1.08. The largest absolute Gasteiger partial charge is 0.489 e. The fourth-order valence-corrected chi connectivity index (χ4v) is 1.07. The Morgan fingerprint density at radius 1 is 1.46 bits per heavy atom. The lowest BCUT2D eigenvalue weighted by molar-refractivity contribution is 0.325. The standard InChI is InChI=1S/C7H7Cl2FN2O/c8-6-4(10)3-5(7(9)12-6)13-2-1-11/h3H,1-2,11H2. The second kappa shape index (κ2) is 4.60. The Morgan fingerprint density at radius 2 is 2.15 bits per heavy atom. The quantitative estimate of drug-likeness (QED) is 0.798. The van der Waals surface area contributed by atoms with Crippen LogP contribution in [0, 0.1) is 5.82 Å². The second-order valence-electron chi connectivity index (χ2n) is 2.19. The average molecular weight is 225 g/mol. The Kier molecular flexibility index (Phi) is 3.71. The number of halogens is 3. The van der Waals surface area contributed by atoms with Gasteiger partial charge in [0.05, 0.1) is 0 Å². The molecule has 1 heterocycles. The predicted molar refractivity (Wildman–Crippen MR) is 48.8 cm³/mol. The van der Waals surface area contributed by atoms with E-state index in [2.05, 4.69) is 4.98 Å². The van der Waals surface area contributed by atoms with Gasteiger partial charge in [0, 0.05) is 12.6 Å². The minimum absolute atomic E-state index is 0.0276. The summed E-state index contributed by atoms with van der Waals surface area (Å²) in [5.41, 5.74) is 5.19. The van der Waals surface area contributed by atoms with E-state index in [1.807, 2.05) is 0 Å². The van der Waals surface area contributed by atoms with Gasteiger partial charge in [-0.1, -0.05) is 23.2 Å². The molecule has 72 valence electrons. The van der Waals surface area contributed by atoms with Gasteiger partial charge >= 0.3 is 0 Å². The summed E-state index contributed by atoms with van der Waals surface area (Å²) in [4.78, 5) is 3.52. The van der Waals surface area contributed by atoms with Crippen molar-refractivity contribution < 1.29 is 9.13 Å². The smallest absolute Gasteiger partial charge is 0.172 e. The molecular formula is C7H7Cl2FN2O. The van der Waals surface area contributed by atoms with Gasteiger partial charge in [-0.3, -0.25) is 0 Å². The van der Waals surface area contributed by atoms with Gasteiger partial charge in [0.25, 0.3) is 0 Å². The third kappa shape index (κ3) is 2.69. The molecule has 0 unspecified atom stereocenters. The summed E-state index contributed by atoms with van der Waals surface area (Å²) in [6.07, 6.45) is 0. The lowest BCUT2D eigenvalue weighted by Gasteiger charge is -2.06. The molecule has 0 aromatic carbocycles. The zero-order chi connectivity index (χ0) is 9.84. The molecule has 2 N–H and O–H groups in total. The van der Waals surface area contributed by atoms with Crippen molar-refractivity contribution in [1.29, 1.82) is 0 Å². The van der Waals surface area contributed by atoms with Gasteiger partial charge < -0.3 is 10.5 Å². The van der Waals surface area contributed by atoms with Crippen LogP contribution in [0.15, 0.2) is 6.07 Å². The van der Waals surface area contributed by atoms with Gasteiger partial charge in [-0.25, -0.2) is 9.37 Å². The second-order valence-corrected chi connectivity index (χ2v) is 2.90. The van der Waals surface area contributed by atoms with Gasteiger partial charge in [-0.05, 0) is 0 Å². The van der Waals surface area contributed by atoms with E-state index in [0.29, 0.717) is 6.54 Å². The van der Waals surface area contributed by atoms with Crippen LogP contribution >= 0.6 is 23.2 Å². The van der Waals surface area contributed by atoms with Crippen molar-refractivity contribution in [3.05, 3.63) is 22.2 Å². The van der Waals surface area contributed by atoms with Crippen molar-refractivity contribution in [3.63, 3.8) is 0 Å². The number of rotatable bonds is 3. The number of pyridine rings is 1. The lowest BCUT2D eigenvalue weighted by atomic mass is 10.4. The fourth-order valence-electron chi connectivity index (χ4n) is 0.699. The van der Waals surface area contributed by atoms with E-state index in [-0.39, 0.29) is 22.7 Å². The van der Waals surface area contributed by atoms with Crippen molar-refractivity contribution in [2.24, 2.45) is 5.73 Å². The van der Waals surface area contributed by atoms with Crippen LogP contribution in [0.25, 0.3) is 0 Å². The molecule has 0 radical (unpaired) electrons. The van der Waals surface area contributed by atoms with Crippen LogP contribution in [-0.4, -0.2) is 18.1 Å². The lowest BCUT2D eigenvalue weighted by Crippen LogP contribution is -2.11. The Balaban J connectivity index is 2.88. The number of hydrogen-bond donors (Lipinski definition) is 1. The van der Waals surface area contributed by atoms with Crippen LogP contribution < -0.4 is 10.5 Å². The van der Waals surface area contributed by atoms with Crippen LogP contribution in [0.5, 0.6) is 5.75 Å². The number of ether oxygens (including phenoxy) is 1. The molecule has 6 heteroatoms. The van der Waals surface area contributed by atoms with Gasteiger partial charge in [-0.2, -0.15) is 0 Å². The average Bonchev–Trinajstić information content (AvgIpc) is 2.09. The molecule has 0 fully saturated rings. The maximum absolute atomic E-state index is 12.8. The Hall–Kier alpha value is -0.580. The summed E-state index contributed by atoms with van der Waals surface area (Å²) in [6.45, 7) is 0.572. The highest BCUT2D eigenvalue weighted by Gasteiger charge is 2.09. The first-order valence-corrected chi connectivity index (χ1v) is 4.25. The molecule has 0 aliphatic rings. The molecule has 0 saturated carbocycles. The Labute approximate surface area is 84.6 Å². The summed E-state index contributed by atoms with van der Waals surface area (Å²) >= 11 is 11.0. The third-order valence-electron chi connectivity index (χ3n) is 1.23. The van der Waals surface area contributed by atoms with E-state index in [1.165, 1.54) is 0 Å². The zero-order valence-electron chi connectivity index (χ0n) is 6.56. The summed E-state index contributed by atoms with van der Waals surface area (Å²) < 4.78 is 17.8. The SMILES string of the molecule is NCCOc1cc(F)c(Cl)nc1Cl. The van der Waals surface area contributed by atoms with Crippen LogP contribution in [0.4, 0.5) is 4.39 Å². The maximum atomic E-state index is 12.8. The Bertz CT molecular complexity index is 309. The van der Waals surface area contributed by atoms with E-state index in [9.17, 15) is 4.39 Å². The third-order valence-corrected chi connectivity index (χ3v) is 1.77. The zero-order valence-corrected chi connectivity index (χ0v) is 8.07. The van der Waals surface area contributed by atoms with Crippen LogP contribution in [0.1, 0.15) is 0 Å². The molecule has 13 heavy (non-hydrogen) atoms. The normalized spacial score (nSPS) is 10.2. The molecule has 0 amide bonds. The van der Waals surface area contributed by atoms with Gasteiger partial charge in [0.2, 0.25) is 0 Å². The summed E-state index contributed by atoms with van der Waals surface area (Å²) in [5, 5.41) is -0.245. The van der Waals surface area contributed by atoms with Crippen molar-refractivity contribution in [1.82, 2.24) is 4.98 Å². The van der Waals surface area contributed by atoms with Gasteiger partial charge in [0.1, 0.15) is 6.61 Å². The first-order chi connectivity index (χ1) is 6.15. The monoisotopic (exact) mass is 224 g/mol. The van der Waals surface area contributed by atoms with Crippen LogP contribution in [0.2, 0.25) is 10.3 Å². The topological polar surface area (TPSA) is 48.1 Å². The van der Waals surface area contributed by atoms with Crippen molar-refractivity contribution >= 4 is 23.2 Å². The molecule has 0 aliphatic carbocycles. The molecule has 0 saturated heterocycles. The van der Waals surface area contributed by atoms with Crippen LogP contribution in [0.3, 0.4) is 0 Å². The van der Waals surface area contributed by atoms with Gasteiger partial charge in [-0.15, -0.1) is 0 Å². The van der Waals surface area contributed by atoms with E-state index in [0.717, 1.165) is 6.07 Å². The van der Waals surface area contributed by atoms with Crippen molar-refractivity contribution in [3.8, 4) is 5.75 Å². The molecule has 0 atom stereocenters. The highest BCUT2D eigenvalue weighted by molar-refractivity contribution is 6.33. The molecule has 0 bridgehead atoms. The van der Waals surface area contributed by atoms with E-state index < -0.39 is 5.82 Å². The van der Waals surface area contributed by atoms with Crippen molar-refractivity contribution in [2.75, 3.05) is 13.2 Å². The molecule has 1 rings (SSSR count). The van der Waals surface area contributed by atoms with E-state index in [1.54, 1.807) is 0 Å². The number of nitrogens with zero attached hydrogens (tertiary/aromatic N) is 1. The molecule has 1 aromatic heterocycles. The molecular weight excluding hydrogens is 218 g/mol. The van der Waals surface area contributed by atoms with Crippen LogP contribution in [-0.2, 0) is 0 Å². The highest BCUT2D eigenvalue weighted by atomic mass is 35.5. The molecule has 3 nitrogen and oxygen atoms in total. The predicted octanol–water partition coefficient (Wildman–Crippen LogP) is 1.86. The molecule has 1 aromatic rings. The number of nitrogens with two attached hydrogens (primary N) is 1. The highest BCUT2D eigenvalue weighted by Crippen LogP contribution is 2.26. The molecule has 0 aliphatic heterocycles. The van der Waals surface area contributed by atoms with E-state index in [4.69, 9.17) is 33.7 Å². The number of hydrogen-bond acceptors (Lipinski definition) is 3. The molecule has 0 spiro atoms. The first kappa shape index (κ1) is 10.5. The maximum Gasteiger partial charge on any atom is 0.172 e. The van der Waals surface area contributed by atoms with E-state index >= 15 is 0 Å². The Morgan fingerprint density at radius 3 is 2.77 bits per heavy atom. The first-order valence-electron chi connectivity index (χ1n) is 3.49. The van der Waals surface area contributed by atoms with Gasteiger partial charge in [0.15, 0.2) is 21.9 Å². The number of aromatic nitrogens is 1. The minimum Gasteiger partial charge on any atom is -0.489 e. The fraction of sp³-hybridized carbons (Fsp3) is 0.286. The van der Waals surface area contributed by atoms with Crippen molar-refractivity contribution in [2.45, 2.75) is 0 Å².